The van der Waals surface area contributed by atoms with E-state index in [2.05, 4.69) is 27.3 Å². The second-order valence-corrected chi connectivity index (χ2v) is 6.75. The van der Waals surface area contributed by atoms with Gasteiger partial charge in [0.25, 0.3) is 0 Å². The predicted molar refractivity (Wildman–Crippen MR) is 84.5 cm³/mol. The molecule has 0 spiro atoms. The van der Waals surface area contributed by atoms with Crippen molar-refractivity contribution in [2.75, 3.05) is 13.1 Å². The van der Waals surface area contributed by atoms with Gasteiger partial charge >= 0.3 is 0 Å². The first-order chi connectivity index (χ1) is 11.2. The van der Waals surface area contributed by atoms with E-state index < -0.39 is 0 Å². The smallest absolute Gasteiger partial charge is 0.168 e. The molecule has 6 heteroatoms. The molecule has 4 rings (SSSR count). The molecule has 2 fully saturated rings. The summed E-state index contributed by atoms with van der Waals surface area (Å²) >= 11 is 0. The van der Waals surface area contributed by atoms with Gasteiger partial charge in [-0.05, 0) is 79.7 Å². The van der Waals surface area contributed by atoms with Crippen LogP contribution in [0.5, 0.6) is 0 Å². The number of benzene rings is 1. The zero-order chi connectivity index (χ0) is 15.8. The largest absolute Gasteiger partial charge is 0.294 e. The van der Waals surface area contributed by atoms with E-state index in [0.717, 1.165) is 31.8 Å². The summed E-state index contributed by atoms with van der Waals surface area (Å²) in [5, 5.41) is 12.3. The average molecular weight is 315 g/mol. The maximum atomic E-state index is 13.1. The molecule has 2 aliphatic rings. The minimum absolute atomic E-state index is 0.160. The molecule has 23 heavy (non-hydrogen) atoms. The molecular formula is C17H22FN5. The highest BCUT2D eigenvalue weighted by atomic mass is 19.1. The normalized spacial score (nSPS) is 21.5. The number of piperidine rings is 1. The van der Waals surface area contributed by atoms with E-state index in [1.165, 1.54) is 18.4 Å². The molecule has 2 aromatic rings. The predicted octanol–water partition coefficient (Wildman–Crippen LogP) is 3.09. The van der Waals surface area contributed by atoms with E-state index in [0.29, 0.717) is 12.0 Å². The van der Waals surface area contributed by atoms with Gasteiger partial charge in [0.15, 0.2) is 5.82 Å². The number of aromatic nitrogens is 4. The van der Waals surface area contributed by atoms with Gasteiger partial charge in [0.05, 0.1) is 12.1 Å². The van der Waals surface area contributed by atoms with Crippen LogP contribution in [-0.4, -0.2) is 38.2 Å². The minimum Gasteiger partial charge on any atom is -0.294 e. The summed E-state index contributed by atoms with van der Waals surface area (Å²) in [6.07, 6.45) is 4.58. The van der Waals surface area contributed by atoms with Gasteiger partial charge < -0.3 is 0 Å². The van der Waals surface area contributed by atoms with E-state index in [9.17, 15) is 4.39 Å². The molecule has 122 valence electrons. The summed E-state index contributed by atoms with van der Waals surface area (Å²) in [7, 11) is 0. The fourth-order valence-electron chi connectivity index (χ4n) is 3.57. The monoisotopic (exact) mass is 315 g/mol. The Balaban J connectivity index is 1.40. The van der Waals surface area contributed by atoms with Crippen LogP contribution in [0.15, 0.2) is 24.3 Å². The molecule has 2 heterocycles. The highest BCUT2D eigenvalue weighted by molar-refractivity contribution is 5.21. The summed E-state index contributed by atoms with van der Waals surface area (Å²) < 4.78 is 15.1. The summed E-state index contributed by atoms with van der Waals surface area (Å²) in [5.41, 5.74) is 1.25. The molecule has 1 atom stereocenters. The standard InChI is InChI=1S/C17H22FN5/c1-12(17-19-20-21-23(17)16-6-7-16)22-10-8-14(9-11-22)13-2-4-15(18)5-3-13/h2-5,12,14,16H,6-11H2,1H3/t12-/m1/s1. The van der Waals surface area contributed by atoms with Crippen LogP contribution < -0.4 is 0 Å². The lowest BCUT2D eigenvalue weighted by atomic mass is 9.89. The number of rotatable bonds is 4. The van der Waals surface area contributed by atoms with Gasteiger partial charge in [-0.2, -0.15) is 0 Å². The Morgan fingerprint density at radius 1 is 1.09 bits per heavy atom. The van der Waals surface area contributed by atoms with Gasteiger partial charge in [-0.3, -0.25) is 4.90 Å². The molecule has 0 unspecified atom stereocenters. The Kier molecular flexibility index (Phi) is 3.85. The average Bonchev–Trinajstić information content (AvgIpc) is 3.32. The highest BCUT2D eigenvalue weighted by Crippen LogP contribution is 2.37. The Bertz CT molecular complexity index is 656. The lowest BCUT2D eigenvalue weighted by Gasteiger charge is -2.35. The molecule has 1 aliphatic carbocycles. The lowest BCUT2D eigenvalue weighted by Crippen LogP contribution is -2.36. The van der Waals surface area contributed by atoms with Gasteiger partial charge in [0, 0.05) is 0 Å². The second-order valence-electron chi connectivity index (χ2n) is 6.75. The minimum atomic E-state index is -0.160. The third kappa shape index (κ3) is 3.00. The van der Waals surface area contributed by atoms with Gasteiger partial charge in [-0.15, -0.1) is 5.10 Å². The maximum absolute atomic E-state index is 13.1. The molecule has 0 amide bonds. The maximum Gasteiger partial charge on any atom is 0.168 e. The topological polar surface area (TPSA) is 46.8 Å². The fraction of sp³-hybridized carbons (Fsp3) is 0.588. The second kappa shape index (κ2) is 6.00. The number of hydrogen-bond donors (Lipinski definition) is 0. The van der Waals surface area contributed by atoms with E-state index in [-0.39, 0.29) is 11.9 Å². The van der Waals surface area contributed by atoms with Crippen LogP contribution >= 0.6 is 0 Å². The lowest BCUT2D eigenvalue weighted by molar-refractivity contribution is 0.153. The quantitative estimate of drug-likeness (QED) is 0.870. The Morgan fingerprint density at radius 3 is 2.43 bits per heavy atom. The van der Waals surface area contributed by atoms with Gasteiger partial charge in [0.2, 0.25) is 0 Å². The first-order valence-corrected chi connectivity index (χ1v) is 8.49. The van der Waals surface area contributed by atoms with Crippen molar-refractivity contribution < 1.29 is 4.39 Å². The van der Waals surface area contributed by atoms with Crippen molar-refractivity contribution in [1.82, 2.24) is 25.1 Å². The Hall–Kier alpha value is -1.82. The van der Waals surface area contributed by atoms with Crippen LogP contribution in [0.4, 0.5) is 4.39 Å². The van der Waals surface area contributed by atoms with E-state index in [1.807, 2.05) is 16.8 Å². The van der Waals surface area contributed by atoms with E-state index >= 15 is 0 Å². The van der Waals surface area contributed by atoms with E-state index in [1.54, 1.807) is 12.1 Å². The molecule has 1 saturated heterocycles. The van der Waals surface area contributed by atoms with Gasteiger partial charge in [-0.1, -0.05) is 12.1 Å². The molecule has 1 saturated carbocycles. The third-order valence-electron chi connectivity index (χ3n) is 5.20. The van der Waals surface area contributed by atoms with Crippen LogP contribution in [0, 0.1) is 5.82 Å². The van der Waals surface area contributed by atoms with Crippen LogP contribution in [-0.2, 0) is 0 Å². The van der Waals surface area contributed by atoms with Crippen LogP contribution in [0.2, 0.25) is 0 Å². The van der Waals surface area contributed by atoms with E-state index in [4.69, 9.17) is 0 Å². The zero-order valence-electron chi connectivity index (χ0n) is 13.4. The molecule has 5 nitrogen and oxygen atoms in total. The summed E-state index contributed by atoms with van der Waals surface area (Å²) in [5.74, 6) is 1.36. The first kappa shape index (κ1) is 14.8. The number of tetrazole rings is 1. The van der Waals surface area contributed by atoms with Crippen molar-refractivity contribution in [3.63, 3.8) is 0 Å². The molecule has 1 aromatic carbocycles. The van der Waals surface area contributed by atoms with Gasteiger partial charge in [0.1, 0.15) is 5.82 Å². The van der Waals surface area contributed by atoms with Crippen molar-refractivity contribution in [3.8, 4) is 0 Å². The number of likely N-dealkylation sites (tertiary alicyclic amines) is 1. The zero-order valence-corrected chi connectivity index (χ0v) is 13.4. The SMILES string of the molecule is C[C@H](c1nnnn1C1CC1)N1CCC(c2ccc(F)cc2)CC1. The molecule has 0 bridgehead atoms. The van der Waals surface area contributed by atoms with Crippen molar-refractivity contribution in [3.05, 3.63) is 41.5 Å². The summed E-state index contributed by atoms with van der Waals surface area (Å²) in [4.78, 5) is 2.46. The summed E-state index contributed by atoms with van der Waals surface area (Å²) in [6, 6.07) is 7.74. The Labute approximate surface area is 135 Å². The fourth-order valence-corrected chi connectivity index (χ4v) is 3.57. The number of nitrogens with zero attached hydrogens (tertiary/aromatic N) is 5. The highest BCUT2D eigenvalue weighted by Gasteiger charge is 2.32. The van der Waals surface area contributed by atoms with Crippen molar-refractivity contribution >= 4 is 0 Å². The third-order valence-corrected chi connectivity index (χ3v) is 5.20. The number of hydrogen-bond acceptors (Lipinski definition) is 4. The first-order valence-electron chi connectivity index (χ1n) is 8.49. The molecular weight excluding hydrogens is 293 g/mol. The van der Waals surface area contributed by atoms with Crippen LogP contribution in [0.3, 0.4) is 0 Å². The number of halogens is 1. The Morgan fingerprint density at radius 2 is 1.78 bits per heavy atom. The van der Waals surface area contributed by atoms with Crippen molar-refractivity contribution in [2.24, 2.45) is 0 Å². The van der Waals surface area contributed by atoms with Crippen molar-refractivity contribution in [2.45, 2.75) is 50.6 Å². The molecule has 1 aromatic heterocycles. The molecule has 0 N–H and O–H groups in total. The van der Waals surface area contributed by atoms with Crippen LogP contribution in [0.1, 0.15) is 62.0 Å². The van der Waals surface area contributed by atoms with Gasteiger partial charge in [-0.25, -0.2) is 9.07 Å². The van der Waals surface area contributed by atoms with Crippen LogP contribution in [0.25, 0.3) is 0 Å². The summed E-state index contributed by atoms with van der Waals surface area (Å²) in [6.45, 7) is 4.25. The molecule has 1 aliphatic heterocycles. The molecule has 0 radical (unpaired) electrons. The van der Waals surface area contributed by atoms with Crippen molar-refractivity contribution in [1.29, 1.82) is 0 Å².